The molecule has 1 saturated heterocycles. The van der Waals surface area contributed by atoms with E-state index in [1.165, 1.54) is 0 Å². The van der Waals surface area contributed by atoms with Gasteiger partial charge in [-0.2, -0.15) is 0 Å². The van der Waals surface area contributed by atoms with E-state index in [0.29, 0.717) is 0 Å². The molecule has 0 bridgehead atoms. The molecule has 33 heavy (non-hydrogen) atoms. The van der Waals surface area contributed by atoms with Crippen molar-refractivity contribution in [2.24, 2.45) is 0 Å². The molecule has 0 N–H and O–H groups in total. The minimum Gasteiger partial charge on any atom is -0.336 e. The Morgan fingerprint density at radius 3 is 2.52 bits per heavy atom. The molecule has 0 aliphatic carbocycles. The summed E-state index contributed by atoms with van der Waals surface area (Å²) in [7, 11) is 0. The zero-order valence-electron chi connectivity index (χ0n) is 18.1. The Kier molecular flexibility index (Phi) is 7.16. The highest BCUT2D eigenvalue weighted by atomic mass is 32.2. The van der Waals surface area contributed by atoms with Gasteiger partial charge in [-0.05, 0) is 12.1 Å². The summed E-state index contributed by atoms with van der Waals surface area (Å²) in [5.74, 6) is 0.899. The molecule has 1 fully saturated rings. The fourth-order valence-electron chi connectivity index (χ4n) is 3.83. The van der Waals surface area contributed by atoms with Gasteiger partial charge < -0.3 is 4.90 Å². The van der Waals surface area contributed by atoms with Gasteiger partial charge in [0, 0.05) is 59.7 Å². The Hall–Kier alpha value is -2.52. The molecule has 3 heterocycles. The van der Waals surface area contributed by atoms with Crippen molar-refractivity contribution in [1.82, 2.24) is 19.8 Å². The fraction of sp³-hybridized carbons (Fsp3) is 0.240. The summed E-state index contributed by atoms with van der Waals surface area (Å²) >= 11 is 4.97. The number of nitrogens with zero attached hydrogens (tertiary/aromatic N) is 4. The fourth-order valence-corrected chi connectivity index (χ4v) is 6.26. The number of thioether (sulfide) groups is 1. The van der Waals surface area contributed by atoms with E-state index in [4.69, 9.17) is 4.98 Å². The molecular formula is C25H24N4OS3. The number of carbonyl (C=O) groups excluding carboxylic acids is 1. The number of piperazine rings is 1. The highest BCUT2D eigenvalue weighted by Gasteiger charge is 2.24. The van der Waals surface area contributed by atoms with Gasteiger partial charge in [-0.25, -0.2) is 9.97 Å². The second kappa shape index (κ2) is 10.6. The van der Waals surface area contributed by atoms with Gasteiger partial charge in [0.2, 0.25) is 0 Å². The zero-order chi connectivity index (χ0) is 22.5. The number of hydrogen-bond donors (Lipinski definition) is 0. The second-order valence-electron chi connectivity index (χ2n) is 7.84. The molecule has 0 unspecified atom stereocenters. The van der Waals surface area contributed by atoms with E-state index in [2.05, 4.69) is 32.8 Å². The molecule has 1 aliphatic heterocycles. The van der Waals surface area contributed by atoms with Crippen LogP contribution in [0.1, 0.15) is 21.7 Å². The van der Waals surface area contributed by atoms with Crippen LogP contribution in [0.4, 0.5) is 0 Å². The first-order chi connectivity index (χ1) is 16.3. The van der Waals surface area contributed by atoms with Gasteiger partial charge in [0.25, 0.3) is 5.91 Å². The minimum absolute atomic E-state index is 0.121. The standard InChI is InChI=1S/C25H24N4OS3/c30-25(22-8-4-5-9-23(22)32-17-21-15-31-18-26-21)29-12-10-28(11-13-29)14-20-16-33-24(27-20)19-6-2-1-3-7-19/h1-9,15-16,18H,10-14,17H2. The molecule has 2 aromatic heterocycles. The molecule has 0 spiro atoms. The van der Waals surface area contributed by atoms with E-state index < -0.39 is 0 Å². The first kappa shape index (κ1) is 22.3. The monoisotopic (exact) mass is 492 g/mol. The lowest BCUT2D eigenvalue weighted by molar-refractivity contribution is 0.0624. The van der Waals surface area contributed by atoms with Crippen molar-refractivity contribution in [3.05, 3.63) is 87.8 Å². The van der Waals surface area contributed by atoms with E-state index in [1.54, 1.807) is 34.4 Å². The third kappa shape index (κ3) is 5.52. The molecule has 0 saturated carbocycles. The lowest BCUT2D eigenvalue weighted by Crippen LogP contribution is -2.48. The molecule has 168 valence electrons. The molecule has 1 aliphatic rings. The van der Waals surface area contributed by atoms with Crippen molar-refractivity contribution in [2.75, 3.05) is 26.2 Å². The number of amides is 1. The van der Waals surface area contributed by atoms with Crippen LogP contribution in [0.3, 0.4) is 0 Å². The Morgan fingerprint density at radius 2 is 1.73 bits per heavy atom. The van der Waals surface area contributed by atoms with E-state index >= 15 is 0 Å². The molecule has 4 aromatic rings. The third-order valence-corrected chi connectivity index (χ3v) is 8.28. The summed E-state index contributed by atoms with van der Waals surface area (Å²) in [5, 5.41) is 5.27. The highest BCUT2D eigenvalue weighted by molar-refractivity contribution is 7.98. The SMILES string of the molecule is O=C(c1ccccc1SCc1cscn1)N1CCN(Cc2csc(-c3ccccc3)n2)CC1. The molecule has 8 heteroatoms. The Morgan fingerprint density at radius 1 is 0.939 bits per heavy atom. The van der Waals surface area contributed by atoms with Gasteiger partial charge in [-0.1, -0.05) is 42.5 Å². The first-order valence-corrected chi connectivity index (χ1v) is 13.7. The van der Waals surface area contributed by atoms with Crippen molar-refractivity contribution in [1.29, 1.82) is 0 Å². The maximum Gasteiger partial charge on any atom is 0.255 e. The van der Waals surface area contributed by atoms with Crippen LogP contribution >= 0.6 is 34.4 Å². The molecular weight excluding hydrogens is 469 g/mol. The van der Waals surface area contributed by atoms with Crippen LogP contribution in [0.25, 0.3) is 10.6 Å². The quantitative estimate of drug-likeness (QED) is 0.318. The maximum atomic E-state index is 13.3. The Bertz CT molecular complexity index is 1190. The average molecular weight is 493 g/mol. The van der Waals surface area contributed by atoms with E-state index in [-0.39, 0.29) is 5.91 Å². The average Bonchev–Trinajstić information content (AvgIpc) is 3.56. The van der Waals surface area contributed by atoms with E-state index in [1.807, 2.05) is 52.9 Å². The van der Waals surface area contributed by atoms with Crippen LogP contribution in [0.2, 0.25) is 0 Å². The van der Waals surface area contributed by atoms with Gasteiger partial charge in [0.1, 0.15) is 5.01 Å². The topological polar surface area (TPSA) is 49.3 Å². The van der Waals surface area contributed by atoms with Crippen LogP contribution in [-0.2, 0) is 12.3 Å². The minimum atomic E-state index is 0.121. The molecule has 5 rings (SSSR count). The van der Waals surface area contributed by atoms with Gasteiger partial charge >= 0.3 is 0 Å². The van der Waals surface area contributed by atoms with Crippen LogP contribution < -0.4 is 0 Å². The summed E-state index contributed by atoms with van der Waals surface area (Å²) in [6.45, 7) is 4.01. The number of benzene rings is 2. The molecule has 5 nitrogen and oxygen atoms in total. The predicted molar refractivity (Wildman–Crippen MR) is 137 cm³/mol. The Labute approximate surface area is 206 Å². The van der Waals surface area contributed by atoms with Crippen LogP contribution in [0.15, 0.2) is 75.8 Å². The number of thiazole rings is 2. The molecule has 1 amide bonds. The lowest BCUT2D eigenvalue weighted by Gasteiger charge is -2.34. The second-order valence-corrected chi connectivity index (χ2v) is 10.4. The van der Waals surface area contributed by atoms with Gasteiger partial charge in [0.05, 0.1) is 22.5 Å². The summed E-state index contributed by atoms with van der Waals surface area (Å²) in [5.41, 5.74) is 5.95. The maximum absolute atomic E-state index is 13.3. The van der Waals surface area contributed by atoms with Gasteiger partial charge in [0.15, 0.2) is 0 Å². The normalized spacial score (nSPS) is 14.5. The number of aromatic nitrogens is 2. The van der Waals surface area contributed by atoms with Crippen LogP contribution in [0.5, 0.6) is 0 Å². The molecule has 2 aromatic carbocycles. The van der Waals surface area contributed by atoms with Gasteiger partial charge in [-0.15, -0.1) is 34.4 Å². The smallest absolute Gasteiger partial charge is 0.255 e. The predicted octanol–water partition coefficient (Wildman–Crippen LogP) is 5.52. The van der Waals surface area contributed by atoms with Crippen LogP contribution in [-0.4, -0.2) is 51.9 Å². The van der Waals surface area contributed by atoms with Crippen molar-refractivity contribution in [3.8, 4) is 10.6 Å². The van der Waals surface area contributed by atoms with Crippen molar-refractivity contribution in [3.63, 3.8) is 0 Å². The summed E-state index contributed by atoms with van der Waals surface area (Å²) in [6, 6.07) is 18.2. The van der Waals surface area contributed by atoms with E-state index in [0.717, 1.165) is 70.9 Å². The number of hydrogen-bond acceptors (Lipinski definition) is 7. The third-order valence-electron chi connectivity index (χ3n) is 5.59. The first-order valence-electron chi connectivity index (χ1n) is 10.9. The summed E-state index contributed by atoms with van der Waals surface area (Å²) < 4.78 is 0. The van der Waals surface area contributed by atoms with Crippen LogP contribution in [0, 0.1) is 0 Å². The van der Waals surface area contributed by atoms with Crippen molar-refractivity contribution in [2.45, 2.75) is 17.2 Å². The Balaban J connectivity index is 1.17. The van der Waals surface area contributed by atoms with Crippen molar-refractivity contribution < 1.29 is 4.79 Å². The zero-order valence-corrected chi connectivity index (χ0v) is 20.5. The lowest BCUT2D eigenvalue weighted by atomic mass is 10.1. The highest BCUT2D eigenvalue weighted by Crippen LogP contribution is 2.28. The van der Waals surface area contributed by atoms with E-state index in [9.17, 15) is 4.79 Å². The summed E-state index contributed by atoms with van der Waals surface area (Å²) in [4.78, 5) is 27.8. The molecule has 0 radical (unpaired) electrons. The van der Waals surface area contributed by atoms with Crippen molar-refractivity contribution >= 4 is 40.3 Å². The molecule has 0 atom stereocenters. The largest absolute Gasteiger partial charge is 0.336 e. The number of carbonyl (C=O) groups is 1. The van der Waals surface area contributed by atoms with Gasteiger partial charge in [-0.3, -0.25) is 9.69 Å². The summed E-state index contributed by atoms with van der Waals surface area (Å²) in [6.07, 6.45) is 0. The number of rotatable bonds is 7.